The number of carbonyl (C=O) groups excluding carboxylic acids is 1. The smallest absolute Gasteiger partial charge is 0.273 e. The Bertz CT molecular complexity index is 792. The summed E-state index contributed by atoms with van der Waals surface area (Å²) < 4.78 is 16.0. The zero-order chi connectivity index (χ0) is 17.6. The van der Waals surface area contributed by atoms with Crippen molar-refractivity contribution in [1.29, 1.82) is 0 Å². The fourth-order valence-corrected chi connectivity index (χ4v) is 2.40. The number of nitrogens with zero attached hydrogens (tertiary/aromatic N) is 1. The molecule has 2 aromatic carbocycles. The second kappa shape index (κ2) is 7.52. The zero-order valence-corrected chi connectivity index (χ0v) is 13.3. The van der Waals surface area contributed by atoms with E-state index < -0.39 is 4.92 Å². The van der Waals surface area contributed by atoms with E-state index in [9.17, 15) is 14.9 Å². The van der Waals surface area contributed by atoms with E-state index in [-0.39, 0.29) is 38.0 Å². The molecule has 0 bridgehead atoms. The minimum atomic E-state index is -0.495. The van der Waals surface area contributed by atoms with Crippen LogP contribution < -0.4 is 19.5 Å². The number of ether oxygens (including phenoxy) is 3. The van der Waals surface area contributed by atoms with Crippen molar-refractivity contribution in [3.05, 3.63) is 58.1 Å². The highest BCUT2D eigenvalue weighted by atomic mass is 16.7. The Hall–Kier alpha value is -3.29. The lowest BCUT2D eigenvalue weighted by Gasteiger charge is -2.08. The number of carbonyl (C=O) groups is 1. The molecule has 1 heterocycles. The molecule has 130 valence electrons. The van der Waals surface area contributed by atoms with E-state index in [0.29, 0.717) is 22.8 Å². The van der Waals surface area contributed by atoms with Gasteiger partial charge in [-0.15, -0.1) is 0 Å². The average molecular weight is 344 g/mol. The molecule has 0 radical (unpaired) electrons. The molecular weight excluding hydrogens is 328 g/mol. The molecule has 0 unspecified atom stereocenters. The predicted molar refractivity (Wildman–Crippen MR) is 87.9 cm³/mol. The van der Waals surface area contributed by atoms with Gasteiger partial charge in [-0.25, -0.2) is 0 Å². The Morgan fingerprint density at radius 2 is 2.00 bits per heavy atom. The van der Waals surface area contributed by atoms with Crippen molar-refractivity contribution in [1.82, 2.24) is 5.32 Å². The van der Waals surface area contributed by atoms with Crippen molar-refractivity contribution in [2.45, 2.75) is 6.42 Å². The first kappa shape index (κ1) is 16.6. The van der Waals surface area contributed by atoms with Crippen LogP contribution in [0.2, 0.25) is 0 Å². The van der Waals surface area contributed by atoms with Crippen LogP contribution in [0.15, 0.2) is 42.5 Å². The molecule has 0 saturated heterocycles. The molecule has 0 atom stereocenters. The topological polar surface area (TPSA) is 99.9 Å². The fraction of sp³-hybridized carbons (Fsp3) is 0.235. The maximum atomic E-state index is 11.9. The van der Waals surface area contributed by atoms with Crippen LogP contribution in [0.5, 0.6) is 17.2 Å². The molecule has 3 rings (SSSR count). The Kier molecular flexibility index (Phi) is 4.98. The van der Waals surface area contributed by atoms with Crippen molar-refractivity contribution < 1.29 is 23.9 Å². The molecule has 0 spiro atoms. The van der Waals surface area contributed by atoms with E-state index in [1.165, 1.54) is 6.07 Å². The van der Waals surface area contributed by atoms with E-state index in [0.717, 1.165) is 0 Å². The van der Waals surface area contributed by atoms with Gasteiger partial charge >= 0.3 is 0 Å². The third-order valence-electron chi connectivity index (χ3n) is 3.58. The minimum Gasteiger partial charge on any atom is -0.492 e. The number of amides is 1. The van der Waals surface area contributed by atoms with Gasteiger partial charge in [0.15, 0.2) is 11.5 Å². The summed E-state index contributed by atoms with van der Waals surface area (Å²) in [6.07, 6.45) is -0.0544. The van der Waals surface area contributed by atoms with E-state index in [4.69, 9.17) is 14.2 Å². The van der Waals surface area contributed by atoms with Gasteiger partial charge in [0, 0.05) is 17.7 Å². The van der Waals surface area contributed by atoms with E-state index in [2.05, 4.69) is 5.32 Å². The Morgan fingerprint density at radius 3 is 2.84 bits per heavy atom. The Morgan fingerprint density at radius 1 is 1.20 bits per heavy atom. The zero-order valence-electron chi connectivity index (χ0n) is 13.3. The monoisotopic (exact) mass is 344 g/mol. The van der Waals surface area contributed by atoms with Gasteiger partial charge in [0.25, 0.3) is 5.69 Å². The van der Waals surface area contributed by atoms with Crippen LogP contribution in [0.25, 0.3) is 0 Å². The first-order valence-electron chi connectivity index (χ1n) is 7.65. The fourth-order valence-electron chi connectivity index (χ4n) is 2.40. The number of para-hydroxylation sites is 1. The first-order chi connectivity index (χ1) is 12.1. The van der Waals surface area contributed by atoms with Crippen molar-refractivity contribution in [3.63, 3.8) is 0 Å². The quantitative estimate of drug-likeness (QED) is 0.469. The predicted octanol–water partition coefficient (Wildman–Crippen LogP) is 2.06. The molecule has 8 nitrogen and oxygen atoms in total. The van der Waals surface area contributed by atoms with Crippen molar-refractivity contribution in [2.75, 3.05) is 19.9 Å². The third kappa shape index (κ3) is 4.17. The lowest BCUT2D eigenvalue weighted by atomic mass is 10.1. The van der Waals surface area contributed by atoms with Gasteiger partial charge in [-0.3, -0.25) is 14.9 Å². The van der Waals surface area contributed by atoms with Crippen LogP contribution in [0.3, 0.4) is 0 Å². The summed E-state index contributed by atoms with van der Waals surface area (Å²) in [6.45, 7) is 0.747. The van der Waals surface area contributed by atoms with Gasteiger partial charge in [0.1, 0.15) is 12.4 Å². The van der Waals surface area contributed by atoms with Gasteiger partial charge in [-0.2, -0.15) is 0 Å². The molecule has 25 heavy (non-hydrogen) atoms. The largest absolute Gasteiger partial charge is 0.492 e. The highest BCUT2D eigenvalue weighted by Crippen LogP contribution is 2.34. The molecule has 0 aliphatic carbocycles. The number of nitro groups is 1. The SMILES string of the molecule is O=C(Cc1ccccc1[N+](=O)[O-])NCCOc1ccc2c(c1)OCO2. The highest BCUT2D eigenvalue weighted by Gasteiger charge is 2.16. The van der Waals surface area contributed by atoms with E-state index in [1.54, 1.807) is 36.4 Å². The molecule has 2 aromatic rings. The highest BCUT2D eigenvalue weighted by molar-refractivity contribution is 5.79. The third-order valence-corrected chi connectivity index (χ3v) is 3.58. The second-order valence-electron chi connectivity index (χ2n) is 5.28. The average Bonchev–Trinajstić information content (AvgIpc) is 3.07. The summed E-state index contributed by atoms with van der Waals surface area (Å²) in [5.41, 5.74) is 0.316. The molecule has 0 fully saturated rings. The van der Waals surface area contributed by atoms with Gasteiger partial charge in [-0.1, -0.05) is 18.2 Å². The molecule has 8 heteroatoms. The number of hydrogen-bond donors (Lipinski definition) is 1. The van der Waals surface area contributed by atoms with Crippen molar-refractivity contribution in [3.8, 4) is 17.2 Å². The summed E-state index contributed by atoms with van der Waals surface area (Å²) in [7, 11) is 0. The van der Waals surface area contributed by atoms with E-state index in [1.807, 2.05) is 0 Å². The van der Waals surface area contributed by atoms with Gasteiger partial charge in [-0.05, 0) is 12.1 Å². The maximum Gasteiger partial charge on any atom is 0.273 e. The summed E-state index contributed by atoms with van der Waals surface area (Å²) in [5.74, 6) is 1.60. The Balaban J connectivity index is 1.45. The number of fused-ring (bicyclic) bond motifs is 1. The molecule has 1 aliphatic heterocycles. The molecule has 1 N–H and O–H groups in total. The minimum absolute atomic E-state index is 0.0544. The van der Waals surface area contributed by atoms with Crippen LogP contribution in [-0.2, 0) is 11.2 Å². The molecule has 0 saturated carbocycles. The summed E-state index contributed by atoms with van der Waals surface area (Å²) in [6, 6.07) is 11.4. The van der Waals surface area contributed by atoms with Gasteiger partial charge in [0.2, 0.25) is 12.7 Å². The summed E-state index contributed by atoms with van der Waals surface area (Å²) in [5, 5.41) is 13.6. The number of benzene rings is 2. The van der Waals surface area contributed by atoms with E-state index >= 15 is 0 Å². The van der Waals surface area contributed by atoms with Crippen LogP contribution in [0.4, 0.5) is 5.69 Å². The van der Waals surface area contributed by atoms with Crippen molar-refractivity contribution in [2.24, 2.45) is 0 Å². The van der Waals surface area contributed by atoms with Crippen LogP contribution in [0, 0.1) is 10.1 Å². The molecule has 0 aromatic heterocycles. The normalized spacial score (nSPS) is 11.8. The maximum absolute atomic E-state index is 11.9. The van der Waals surface area contributed by atoms with Crippen LogP contribution in [0.1, 0.15) is 5.56 Å². The molecule has 1 amide bonds. The Labute approximate surface area is 143 Å². The van der Waals surface area contributed by atoms with Gasteiger partial charge < -0.3 is 19.5 Å². The molecular formula is C17H16N2O6. The number of nitrogens with one attached hydrogen (secondary N) is 1. The first-order valence-corrected chi connectivity index (χ1v) is 7.65. The number of rotatable bonds is 7. The van der Waals surface area contributed by atoms with Gasteiger partial charge in [0.05, 0.1) is 17.9 Å². The summed E-state index contributed by atoms with van der Waals surface area (Å²) in [4.78, 5) is 22.4. The van der Waals surface area contributed by atoms with Crippen LogP contribution >= 0.6 is 0 Å². The number of nitro benzene ring substituents is 1. The standard InChI is InChI=1S/C17H16N2O6/c20-17(9-12-3-1-2-4-14(12)19(21)22)18-7-8-23-13-5-6-15-16(10-13)25-11-24-15/h1-6,10H,7-9,11H2,(H,18,20). The lowest BCUT2D eigenvalue weighted by Crippen LogP contribution is -2.29. The number of hydrogen-bond acceptors (Lipinski definition) is 6. The summed E-state index contributed by atoms with van der Waals surface area (Å²) >= 11 is 0. The van der Waals surface area contributed by atoms with Crippen molar-refractivity contribution >= 4 is 11.6 Å². The van der Waals surface area contributed by atoms with Crippen LogP contribution in [-0.4, -0.2) is 30.8 Å². The molecule has 1 aliphatic rings. The second-order valence-corrected chi connectivity index (χ2v) is 5.28. The lowest BCUT2D eigenvalue weighted by molar-refractivity contribution is -0.385.